The number of rotatable bonds is 2. The molecular formula is C8H16O2. The summed E-state index contributed by atoms with van der Waals surface area (Å²) in [6.07, 6.45) is 2.15. The Morgan fingerprint density at radius 2 is 2.40 bits per heavy atom. The molecule has 2 nitrogen and oxygen atoms in total. The normalized spacial score (nSPS) is 36.3. The maximum absolute atomic E-state index is 9.27. The highest BCUT2D eigenvalue weighted by Gasteiger charge is 2.29. The zero-order valence-electron chi connectivity index (χ0n) is 6.71. The summed E-state index contributed by atoms with van der Waals surface area (Å²) >= 11 is 0. The fourth-order valence-corrected chi connectivity index (χ4v) is 1.64. The van der Waals surface area contributed by atoms with Gasteiger partial charge >= 0.3 is 0 Å². The fourth-order valence-electron chi connectivity index (χ4n) is 1.64. The van der Waals surface area contributed by atoms with Crippen LogP contribution >= 0.6 is 0 Å². The second-order valence-corrected chi connectivity index (χ2v) is 3.01. The van der Waals surface area contributed by atoms with Gasteiger partial charge < -0.3 is 9.84 Å². The molecule has 3 unspecified atom stereocenters. The molecule has 0 radical (unpaired) electrons. The van der Waals surface area contributed by atoms with E-state index in [9.17, 15) is 5.11 Å². The van der Waals surface area contributed by atoms with E-state index in [2.05, 4.69) is 6.92 Å². The maximum atomic E-state index is 9.27. The van der Waals surface area contributed by atoms with E-state index < -0.39 is 0 Å². The minimum absolute atomic E-state index is 0.201. The molecule has 1 heterocycles. The molecule has 1 saturated heterocycles. The Kier molecular flexibility index (Phi) is 2.69. The monoisotopic (exact) mass is 144 g/mol. The Morgan fingerprint density at radius 1 is 1.70 bits per heavy atom. The molecule has 1 N–H and O–H groups in total. The largest absolute Gasteiger partial charge is 0.393 e. The number of hydrogen-bond acceptors (Lipinski definition) is 2. The summed E-state index contributed by atoms with van der Waals surface area (Å²) in [5, 5.41) is 9.27. The van der Waals surface area contributed by atoms with Crippen LogP contribution in [0.25, 0.3) is 0 Å². The van der Waals surface area contributed by atoms with E-state index in [0.717, 1.165) is 19.4 Å². The van der Waals surface area contributed by atoms with Crippen LogP contribution in [0.5, 0.6) is 0 Å². The summed E-state index contributed by atoms with van der Waals surface area (Å²) in [6.45, 7) is 4.78. The summed E-state index contributed by atoms with van der Waals surface area (Å²) < 4.78 is 5.42. The number of ether oxygens (including phenoxy) is 1. The highest BCUT2D eigenvalue weighted by atomic mass is 16.5. The third-order valence-corrected chi connectivity index (χ3v) is 2.28. The van der Waals surface area contributed by atoms with Gasteiger partial charge in [0.05, 0.1) is 12.2 Å². The lowest BCUT2D eigenvalue weighted by Gasteiger charge is -2.18. The molecular weight excluding hydrogens is 128 g/mol. The molecule has 0 amide bonds. The molecule has 0 saturated carbocycles. The van der Waals surface area contributed by atoms with Crippen LogP contribution in [-0.2, 0) is 4.74 Å². The average Bonchev–Trinajstić information content (AvgIpc) is 2.33. The first-order chi connectivity index (χ1) is 4.75. The number of aliphatic hydroxyl groups is 1. The Labute approximate surface area is 62.2 Å². The van der Waals surface area contributed by atoms with Gasteiger partial charge in [-0.2, -0.15) is 0 Å². The van der Waals surface area contributed by atoms with Gasteiger partial charge in [0.2, 0.25) is 0 Å². The topological polar surface area (TPSA) is 29.5 Å². The molecule has 2 heteroatoms. The van der Waals surface area contributed by atoms with Gasteiger partial charge in [-0.25, -0.2) is 0 Å². The van der Waals surface area contributed by atoms with Crippen molar-refractivity contribution >= 4 is 0 Å². The highest BCUT2D eigenvalue weighted by Crippen LogP contribution is 2.25. The van der Waals surface area contributed by atoms with E-state index in [4.69, 9.17) is 4.74 Å². The first-order valence-corrected chi connectivity index (χ1v) is 4.05. The van der Waals surface area contributed by atoms with E-state index >= 15 is 0 Å². The van der Waals surface area contributed by atoms with E-state index in [-0.39, 0.29) is 6.10 Å². The van der Waals surface area contributed by atoms with Crippen LogP contribution in [0.3, 0.4) is 0 Å². The molecule has 60 valence electrons. The van der Waals surface area contributed by atoms with Crippen molar-refractivity contribution in [3.63, 3.8) is 0 Å². The van der Waals surface area contributed by atoms with Crippen LogP contribution in [0.1, 0.15) is 26.7 Å². The lowest BCUT2D eigenvalue weighted by Crippen LogP contribution is -2.25. The van der Waals surface area contributed by atoms with Crippen molar-refractivity contribution in [1.29, 1.82) is 0 Å². The van der Waals surface area contributed by atoms with E-state index in [1.54, 1.807) is 0 Å². The van der Waals surface area contributed by atoms with Crippen LogP contribution < -0.4 is 0 Å². The first-order valence-electron chi connectivity index (χ1n) is 4.05. The van der Waals surface area contributed by atoms with Crippen LogP contribution in [0.2, 0.25) is 0 Å². The highest BCUT2D eigenvalue weighted by molar-refractivity contribution is 4.78. The summed E-state index contributed by atoms with van der Waals surface area (Å²) in [5.41, 5.74) is 0. The van der Waals surface area contributed by atoms with Crippen LogP contribution in [0, 0.1) is 5.92 Å². The van der Waals surface area contributed by atoms with Crippen molar-refractivity contribution in [2.75, 3.05) is 6.61 Å². The lowest BCUT2D eigenvalue weighted by atomic mass is 9.95. The lowest BCUT2D eigenvalue weighted by molar-refractivity contribution is 0.0393. The van der Waals surface area contributed by atoms with Crippen molar-refractivity contribution in [1.82, 2.24) is 0 Å². The van der Waals surface area contributed by atoms with Crippen molar-refractivity contribution in [2.45, 2.75) is 38.9 Å². The second kappa shape index (κ2) is 3.35. The molecule has 1 fully saturated rings. The Morgan fingerprint density at radius 3 is 2.80 bits per heavy atom. The predicted molar refractivity (Wildman–Crippen MR) is 39.8 cm³/mol. The van der Waals surface area contributed by atoms with Gasteiger partial charge in [0, 0.05) is 12.5 Å². The van der Waals surface area contributed by atoms with Gasteiger partial charge in [-0.15, -0.1) is 0 Å². The van der Waals surface area contributed by atoms with E-state index in [1.807, 2.05) is 6.92 Å². The molecule has 1 aliphatic rings. The third kappa shape index (κ3) is 1.50. The Bertz CT molecular complexity index is 101. The van der Waals surface area contributed by atoms with Gasteiger partial charge in [0.25, 0.3) is 0 Å². The molecule has 0 spiro atoms. The summed E-state index contributed by atoms with van der Waals surface area (Å²) in [4.78, 5) is 0. The van der Waals surface area contributed by atoms with Gasteiger partial charge in [-0.1, -0.05) is 6.92 Å². The molecule has 1 aliphatic heterocycles. The Hall–Kier alpha value is -0.0800. The molecule has 0 aliphatic carbocycles. The molecule has 0 aromatic heterocycles. The first kappa shape index (κ1) is 8.02. The van der Waals surface area contributed by atoms with Crippen molar-refractivity contribution in [3.05, 3.63) is 0 Å². The minimum atomic E-state index is -0.201. The second-order valence-electron chi connectivity index (χ2n) is 3.01. The van der Waals surface area contributed by atoms with Gasteiger partial charge in [0.15, 0.2) is 0 Å². The maximum Gasteiger partial charge on any atom is 0.0626 e. The van der Waals surface area contributed by atoms with Crippen molar-refractivity contribution < 1.29 is 9.84 Å². The van der Waals surface area contributed by atoms with Gasteiger partial charge in [-0.05, 0) is 19.8 Å². The molecule has 1 rings (SSSR count). The molecule has 0 bridgehead atoms. The van der Waals surface area contributed by atoms with Crippen molar-refractivity contribution in [3.8, 4) is 0 Å². The molecule has 10 heavy (non-hydrogen) atoms. The average molecular weight is 144 g/mol. The van der Waals surface area contributed by atoms with Crippen molar-refractivity contribution in [2.24, 2.45) is 5.92 Å². The van der Waals surface area contributed by atoms with Crippen LogP contribution in [-0.4, -0.2) is 23.9 Å². The predicted octanol–water partition coefficient (Wildman–Crippen LogP) is 1.18. The number of aliphatic hydroxyl groups excluding tert-OH is 1. The summed E-state index contributed by atoms with van der Waals surface area (Å²) in [5.74, 6) is 0.380. The van der Waals surface area contributed by atoms with Gasteiger partial charge in [0.1, 0.15) is 0 Å². The van der Waals surface area contributed by atoms with Gasteiger partial charge in [-0.3, -0.25) is 0 Å². The molecule has 3 atom stereocenters. The van der Waals surface area contributed by atoms with Crippen LogP contribution in [0.15, 0.2) is 0 Å². The number of hydrogen-bond donors (Lipinski definition) is 1. The molecule has 0 aromatic carbocycles. The summed E-state index contributed by atoms with van der Waals surface area (Å²) in [7, 11) is 0. The SMILES string of the molecule is CCC1OCCC1C(C)O. The quantitative estimate of drug-likeness (QED) is 0.630. The standard InChI is InChI=1S/C8H16O2/c1-3-8-7(6(2)9)4-5-10-8/h6-9H,3-5H2,1-2H3. The minimum Gasteiger partial charge on any atom is -0.393 e. The third-order valence-electron chi connectivity index (χ3n) is 2.28. The van der Waals surface area contributed by atoms with Crippen LogP contribution in [0.4, 0.5) is 0 Å². The Balaban J connectivity index is 2.42. The smallest absolute Gasteiger partial charge is 0.0626 e. The zero-order chi connectivity index (χ0) is 7.56. The van der Waals surface area contributed by atoms with E-state index in [0.29, 0.717) is 12.0 Å². The fraction of sp³-hybridized carbons (Fsp3) is 1.00. The van der Waals surface area contributed by atoms with E-state index in [1.165, 1.54) is 0 Å². The summed E-state index contributed by atoms with van der Waals surface area (Å²) in [6, 6.07) is 0. The zero-order valence-corrected chi connectivity index (χ0v) is 6.71. The molecule has 0 aromatic rings.